The first kappa shape index (κ1) is 15.2. The van der Waals surface area contributed by atoms with Crippen molar-refractivity contribution in [2.45, 2.75) is 0 Å². The van der Waals surface area contributed by atoms with E-state index in [1.54, 1.807) is 6.07 Å². The summed E-state index contributed by atoms with van der Waals surface area (Å²) in [5, 5.41) is 7.49. The molecule has 0 atom stereocenters. The van der Waals surface area contributed by atoms with E-state index in [1.165, 1.54) is 25.3 Å². The molecule has 0 saturated heterocycles. The molecule has 2 rings (SSSR count). The van der Waals surface area contributed by atoms with Gasteiger partial charge in [0.15, 0.2) is 11.6 Å². The third-order valence-electron chi connectivity index (χ3n) is 2.66. The molecule has 2 aromatic carbocycles. The van der Waals surface area contributed by atoms with Crippen LogP contribution in [0, 0.1) is 17.0 Å². The molecular weight excluding hydrogens is 346 g/mol. The molecule has 0 fully saturated rings. The van der Waals surface area contributed by atoms with Crippen LogP contribution in [0.4, 0.5) is 8.78 Å². The Morgan fingerprint density at radius 2 is 1.90 bits per heavy atom. The lowest BCUT2D eigenvalue weighted by Gasteiger charge is -2.13. The fourth-order valence-electron chi connectivity index (χ4n) is 1.66. The number of hydrogen-bond acceptors (Lipinski definition) is 3. The molecular formula is C14H11BrF2N2O2. The molecule has 0 spiro atoms. The lowest BCUT2D eigenvalue weighted by Crippen LogP contribution is -2.12. The first-order valence-corrected chi connectivity index (χ1v) is 6.56. The lowest BCUT2D eigenvalue weighted by atomic mass is 10.1. The molecule has 0 aliphatic rings. The Balaban J connectivity index is 2.50. The summed E-state index contributed by atoms with van der Waals surface area (Å²) in [6.07, 6.45) is 0. The van der Waals surface area contributed by atoms with Crippen molar-refractivity contribution in [2.24, 2.45) is 5.73 Å². The number of ether oxygens (including phenoxy) is 2. The number of hydrogen-bond donors (Lipinski definition) is 2. The van der Waals surface area contributed by atoms with E-state index < -0.39 is 11.6 Å². The first-order chi connectivity index (χ1) is 9.92. The summed E-state index contributed by atoms with van der Waals surface area (Å²) in [5.41, 5.74) is 5.69. The minimum Gasteiger partial charge on any atom is -0.497 e. The van der Waals surface area contributed by atoms with Crippen LogP contribution in [0.1, 0.15) is 5.56 Å². The zero-order valence-electron chi connectivity index (χ0n) is 10.9. The van der Waals surface area contributed by atoms with Crippen molar-refractivity contribution >= 4 is 21.8 Å². The highest BCUT2D eigenvalue weighted by Crippen LogP contribution is 2.33. The molecule has 0 aromatic heterocycles. The number of nitrogens with two attached hydrogens (primary N) is 1. The van der Waals surface area contributed by atoms with Gasteiger partial charge in [0.2, 0.25) is 5.82 Å². The maximum atomic E-state index is 13.7. The number of nitrogen functional groups attached to an aromatic ring is 1. The number of rotatable bonds is 4. The van der Waals surface area contributed by atoms with Crippen molar-refractivity contribution in [2.75, 3.05) is 7.11 Å². The van der Waals surface area contributed by atoms with Crippen LogP contribution < -0.4 is 15.2 Å². The van der Waals surface area contributed by atoms with Crippen LogP contribution in [-0.4, -0.2) is 12.9 Å². The summed E-state index contributed by atoms with van der Waals surface area (Å²) < 4.78 is 37.8. The molecule has 0 saturated carbocycles. The Morgan fingerprint density at radius 1 is 1.19 bits per heavy atom. The second-order valence-corrected chi connectivity index (χ2v) is 4.99. The van der Waals surface area contributed by atoms with Gasteiger partial charge in [0.1, 0.15) is 17.3 Å². The van der Waals surface area contributed by atoms with E-state index >= 15 is 0 Å². The Hall–Kier alpha value is -2.15. The Bertz CT molecular complexity index is 708. The molecule has 0 aliphatic carbocycles. The van der Waals surface area contributed by atoms with E-state index in [4.69, 9.17) is 20.6 Å². The van der Waals surface area contributed by atoms with Crippen LogP contribution in [0.5, 0.6) is 17.2 Å². The van der Waals surface area contributed by atoms with Gasteiger partial charge in [-0.15, -0.1) is 0 Å². The highest BCUT2D eigenvalue weighted by molar-refractivity contribution is 9.10. The first-order valence-electron chi connectivity index (χ1n) is 5.77. The fraction of sp³-hybridized carbons (Fsp3) is 0.0714. The minimum absolute atomic E-state index is 0.0956. The third kappa shape index (κ3) is 3.30. The highest BCUT2D eigenvalue weighted by atomic mass is 79.9. The number of benzene rings is 2. The summed E-state index contributed by atoms with van der Waals surface area (Å²) in [4.78, 5) is 0. The van der Waals surface area contributed by atoms with Crippen LogP contribution in [0.3, 0.4) is 0 Å². The van der Waals surface area contributed by atoms with Crippen LogP contribution in [0.2, 0.25) is 0 Å². The summed E-state index contributed by atoms with van der Waals surface area (Å²) in [6, 6.07) is 6.79. The quantitative estimate of drug-likeness (QED) is 0.497. The molecule has 110 valence electrons. The lowest BCUT2D eigenvalue weighted by molar-refractivity contribution is 0.398. The maximum absolute atomic E-state index is 13.7. The summed E-state index contributed by atoms with van der Waals surface area (Å²) in [7, 11) is 1.45. The van der Waals surface area contributed by atoms with Gasteiger partial charge in [-0.1, -0.05) is 15.9 Å². The molecule has 3 N–H and O–H groups in total. The van der Waals surface area contributed by atoms with Gasteiger partial charge >= 0.3 is 0 Å². The van der Waals surface area contributed by atoms with Crippen LogP contribution in [0.25, 0.3) is 0 Å². The van der Waals surface area contributed by atoms with E-state index in [0.717, 1.165) is 6.07 Å². The van der Waals surface area contributed by atoms with Gasteiger partial charge in [0, 0.05) is 10.5 Å². The zero-order valence-corrected chi connectivity index (χ0v) is 12.5. The van der Waals surface area contributed by atoms with Gasteiger partial charge < -0.3 is 15.2 Å². The second-order valence-electron chi connectivity index (χ2n) is 4.08. The zero-order chi connectivity index (χ0) is 15.6. The molecule has 21 heavy (non-hydrogen) atoms. The van der Waals surface area contributed by atoms with E-state index in [1.807, 2.05) is 0 Å². The molecule has 2 aromatic rings. The van der Waals surface area contributed by atoms with Crippen molar-refractivity contribution in [3.8, 4) is 17.2 Å². The van der Waals surface area contributed by atoms with Crippen molar-refractivity contribution in [1.82, 2.24) is 0 Å². The summed E-state index contributed by atoms with van der Waals surface area (Å²) in [6.45, 7) is 0. The second kappa shape index (κ2) is 6.09. The number of nitrogens with one attached hydrogen (secondary N) is 1. The molecule has 0 aliphatic heterocycles. The van der Waals surface area contributed by atoms with Crippen LogP contribution in [-0.2, 0) is 0 Å². The molecule has 0 heterocycles. The molecule has 0 bridgehead atoms. The normalized spacial score (nSPS) is 10.3. The predicted molar refractivity (Wildman–Crippen MR) is 78.1 cm³/mol. The van der Waals surface area contributed by atoms with Gasteiger partial charge in [-0.25, -0.2) is 4.39 Å². The van der Waals surface area contributed by atoms with Crippen LogP contribution in [0.15, 0.2) is 34.8 Å². The molecule has 0 amide bonds. The van der Waals surface area contributed by atoms with Gasteiger partial charge in [-0.2, -0.15) is 4.39 Å². The predicted octanol–water partition coefficient (Wildman–Crippen LogP) is 3.81. The van der Waals surface area contributed by atoms with E-state index in [-0.39, 0.29) is 22.9 Å². The van der Waals surface area contributed by atoms with E-state index in [9.17, 15) is 8.78 Å². The van der Waals surface area contributed by atoms with Crippen molar-refractivity contribution in [3.05, 3.63) is 52.0 Å². The largest absolute Gasteiger partial charge is 0.497 e. The van der Waals surface area contributed by atoms with Gasteiger partial charge in [-0.05, 0) is 24.3 Å². The molecule has 4 nitrogen and oxygen atoms in total. The number of methoxy groups -OCH3 is 1. The number of halogens is 3. The maximum Gasteiger partial charge on any atom is 0.201 e. The Kier molecular flexibility index (Phi) is 4.42. The van der Waals surface area contributed by atoms with Gasteiger partial charge in [0.05, 0.1) is 12.7 Å². The topological polar surface area (TPSA) is 68.3 Å². The molecule has 7 heteroatoms. The molecule has 0 radical (unpaired) electrons. The van der Waals surface area contributed by atoms with Crippen molar-refractivity contribution in [1.29, 1.82) is 5.41 Å². The standard InChI is InChI=1S/C14H11BrF2N2O2/c1-20-8-2-3-9(14(18)19)11(6-8)21-12-5-7(15)4-10(16)13(12)17/h2-6H,1H3,(H3,18,19). The summed E-state index contributed by atoms with van der Waals surface area (Å²) >= 11 is 3.06. The summed E-state index contributed by atoms with van der Waals surface area (Å²) in [5.74, 6) is -2.23. The SMILES string of the molecule is COc1ccc(C(=N)N)c(Oc2cc(Br)cc(F)c2F)c1. The Morgan fingerprint density at radius 3 is 2.52 bits per heavy atom. The fourth-order valence-corrected chi connectivity index (χ4v) is 2.07. The average molecular weight is 357 g/mol. The monoisotopic (exact) mass is 356 g/mol. The van der Waals surface area contributed by atoms with Crippen molar-refractivity contribution < 1.29 is 18.3 Å². The average Bonchev–Trinajstić information content (AvgIpc) is 2.43. The van der Waals surface area contributed by atoms with E-state index in [2.05, 4.69) is 15.9 Å². The third-order valence-corrected chi connectivity index (χ3v) is 3.12. The Labute approximate surface area is 128 Å². The van der Waals surface area contributed by atoms with Crippen molar-refractivity contribution in [3.63, 3.8) is 0 Å². The van der Waals surface area contributed by atoms with Gasteiger partial charge in [0.25, 0.3) is 0 Å². The number of amidine groups is 1. The van der Waals surface area contributed by atoms with Crippen LogP contribution >= 0.6 is 15.9 Å². The smallest absolute Gasteiger partial charge is 0.201 e. The minimum atomic E-state index is -1.13. The molecule has 0 unspecified atom stereocenters. The van der Waals surface area contributed by atoms with Gasteiger partial charge in [-0.3, -0.25) is 5.41 Å². The van der Waals surface area contributed by atoms with E-state index in [0.29, 0.717) is 10.2 Å². The highest BCUT2D eigenvalue weighted by Gasteiger charge is 2.15.